The lowest BCUT2D eigenvalue weighted by molar-refractivity contribution is 0.370. The van der Waals surface area contributed by atoms with Crippen molar-refractivity contribution in [2.45, 2.75) is 19.3 Å². The van der Waals surface area contributed by atoms with Gasteiger partial charge in [-0.25, -0.2) is 4.98 Å². The van der Waals surface area contributed by atoms with Crippen molar-refractivity contribution >= 4 is 18.6 Å². The lowest BCUT2D eigenvalue weighted by Gasteiger charge is -2.08. The van der Waals surface area contributed by atoms with Crippen LogP contribution in [0.25, 0.3) is 11.0 Å². The molecule has 92 valence electrons. The van der Waals surface area contributed by atoms with Gasteiger partial charge in [-0.15, -0.1) is 0 Å². The second-order valence-electron chi connectivity index (χ2n) is 4.22. The van der Waals surface area contributed by atoms with E-state index >= 15 is 0 Å². The third-order valence-corrected chi connectivity index (χ3v) is 3.57. The Balaban J connectivity index is 2.13. The Bertz CT molecular complexity index is 528. The minimum absolute atomic E-state index is 0.00928. The maximum Gasteiger partial charge on any atom is 0.325 e. The van der Waals surface area contributed by atoms with E-state index in [1.807, 2.05) is 31.2 Å². The minimum atomic E-state index is -3.92. The highest BCUT2D eigenvalue weighted by molar-refractivity contribution is 7.51. The molecule has 0 saturated carbocycles. The van der Waals surface area contributed by atoms with E-state index in [2.05, 4.69) is 9.97 Å². The SMILES string of the molecule is CC(CCP(=O)(O)O)c1nc2ccccc2[nH]1. The van der Waals surface area contributed by atoms with Gasteiger partial charge in [0, 0.05) is 5.92 Å². The fourth-order valence-corrected chi connectivity index (χ4v) is 2.43. The summed E-state index contributed by atoms with van der Waals surface area (Å²) in [5.74, 6) is 0.787. The summed E-state index contributed by atoms with van der Waals surface area (Å²) in [4.78, 5) is 25.2. The molecule has 0 spiro atoms. The number of H-pyrrole nitrogens is 1. The van der Waals surface area contributed by atoms with E-state index in [4.69, 9.17) is 9.79 Å². The summed E-state index contributed by atoms with van der Waals surface area (Å²) in [7, 11) is -3.92. The third kappa shape index (κ3) is 3.16. The zero-order valence-corrected chi connectivity index (χ0v) is 10.4. The van der Waals surface area contributed by atoms with Crippen LogP contribution in [-0.4, -0.2) is 25.9 Å². The van der Waals surface area contributed by atoms with Crippen LogP contribution in [0.3, 0.4) is 0 Å². The Morgan fingerprint density at radius 2 is 2.12 bits per heavy atom. The Hall–Kier alpha value is -1.16. The predicted octanol–water partition coefficient (Wildman–Crippen LogP) is 2.23. The van der Waals surface area contributed by atoms with Crippen molar-refractivity contribution in [2.24, 2.45) is 0 Å². The molecular weight excluding hydrogens is 239 g/mol. The van der Waals surface area contributed by atoms with Crippen LogP contribution in [-0.2, 0) is 4.57 Å². The Morgan fingerprint density at radius 3 is 2.76 bits per heavy atom. The first kappa shape index (κ1) is 12.3. The summed E-state index contributed by atoms with van der Waals surface area (Å²) in [6.07, 6.45) is 0.315. The Kier molecular flexibility index (Phi) is 3.33. The highest BCUT2D eigenvalue weighted by atomic mass is 31.2. The molecule has 2 rings (SSSR count). The molecule has 1 heterocycles. The van der Waals surface area contributed by atoms with E-state index in [0.717, 1.165) is 16.9 Å². The van der Waals surface area contributed by atoms with Crippen LogP contribution in [0, 0.1) is 0 Å². The average Bonchev–Trinajstić information content (AvgIpc) is 2.68. The van der Waals surface area contributed by atoms with E-state index in [1.165, 1.54) is 0 Å². The van der Waals surface area contributed by atoms with Gasteiger partial charge in [0.2, 0.25) is 0 Å². The number of para-hydroxylation sites is 2. The number of aromatic amines is 1. The molecule has 0 aliphatic heterocycles. The molecule has 1 atom stereocenters. The van der Waals surface area contributed by atoms with Gasteiger partial charge in [-0.3, -0.25) is 4.57 Å². The van der Waals surface area contributed by atoms with Crippen LogP contribution in [0.4, 0.5) is 0 Å². The molecule has 0 amide bonds. The standard InChI is InChI=1S/C11H15N2O3P/c1-8(6-7-17(14,15)16)11-12-9-4-2-3-5-10(9)13-11/h2-5,8H,6-7H2,1H3,(H,12,13)(H2,14,15,16). The molecule has 1 unspecified atom stereocenters. The molecule has 0 fully saturated rings. The van der Waals surface area contributed by atoms with Gasteiger partial charge in [0.25, 0.3) is 0 Å². The smallest absolute Gasteiger partial charge is 0.325 e. The number of benzene rings is 1. The van der Waals surface area contributed by atoms with Gasteiger partial charge in [0.05, 0.1) is 17.2 Å². The van der Waals surface area contributed by atoms with Crippen LogP contribution in [0.2, 0.25) is 0 Å². The summed E-state index contributed by atoms with van der Waals surface area (Å²) >= 11 is 0. The number of hydrogen-bond acceptors (Lipinski definition) is 2. The van der Waals surface area contributed by atoms with Gasteiger partial charge in [-0.05, 0) is 18.6 Å². The van der Waals surface area contributed by atoms with Crippen molar-refractivity contribution in [3.8, 4) is 0 Å². The number of rotatable bonds is 4. The summed E-state index contributed by atoms with van der Waals surface area (Å²) in [5, 5.41) is 0. The zero-order valence-electron chi connectivity index (χ0n) is 9.50. The van der Waals surface area contributed by atoms with Crippen molar-refractivity contribution < 1.29 is 14.4 Å². The van der Waals surface area contributed by atoms with Crippen molar-refractivity contribution in [1.82, 2.24) is 9.97 Å². The van der Waals surface area contributed by atoms with Crippen molar-refractivity contribution in [2.75, 3.05) is 6.16 Å². The molecule has 5 nitrogen and oxygen atoms in total. The highest BCUT2D eigenvalue weighted by Gasteiger charge is 2.17. The van der Waals surface area contributed by atoms with Crippen LogP contribution in [0.1, 0.15) is 25.1 Å². The maximum atomic E-state index is 10.8. The quantitative estimate of drug-likeness (QED) is 0.730. The fraction of sp³-hybridized carbons (Fsp3) is 0.364. The second kappa shape index (κ2) is 4.61. The number of nitrogens with one attached hydrogen (secondary N) is 1. The Labute approximate surface area is 99.1 Å². The van der Waals surface area contributed by atoms with Gasteiger partial charge >= 0.3 is 7.60 Å². The van der Waals surface area contributed by atoms with E-state index in [9.17, 15) is 4.57 Å². The topological polar surface area (TPSA) is 86.2 Å². The second-order valence-corrected chi connectivity index (χ2v) is 5.99. The van der Waals surface area contributed by atoms with Crippen LogP contribution in [0.15, 0.2) is 24.3 Å². The number of imidazole rings is 1. The van der Waals surface area contributed by atoms with Gasteiger partial charge in [0.15, 0.2) is 0 Å². The predicted molar refractivity (Wildman–Crippen MR) is 66.0 cm³/mol. The molecule has 1 aromatic carbocycles. The summed E-state index contributed by atoms with van der Waals surface area (Å²) < 4.78 is 10.8. The normalized spacial score (nSPS) is 14.1. The fourth-order valence-electron chi connectivity index (χ4n) is 1.70. The van der Waals surface area contributed by atoms with Crippen molar-refractivity contribution in [1.29, 1.82) is 0 Å². The molecule has 2 aromatic rings. The molecule has 6 heteroatoms. The molecule has 0 saturated heterocycles. The van der Waals surface area contributed by atoms with Crippen LogP contribution >= 0.6 is 7.60 Å². The molecule has 0 aliphatic rings. The van der Waals surface area contributed by atoms with Gasteiger partial charge in [0.1, 0.15) is 5.82 Å². The molecule has 17 heavy (non-hydrogen) atoms. The van der Waals surface area contributed by atoms with E-state index < -0.39 is 7.60 Å². The van der Waals surface area contributed by atoms with Crippen LogP contribution in [0.5, 0.6) is 0 Å². The van der Waals surface area contributed by atoms with E-state index in [-0.39, 0.29) is 12.1 Å². The van der Waals surface area contributed by atoms with Crippen LogP contribution < -0.4 is 0 Å². The minimum Gasteiger partial charge on any atom is -0.342 e. The van der Waals surface area contributed by atoms with E-state index in [0.29, 0.717) is 6.42 Å². The van der Waals surface area contributed by atoms with Gasteiger partial charge < -0.3 is 14.8 Å². The van der Waals surface area contributed by atoms with Crippen molar-refractivity contribution in [3.63, 3.8) is 0 Å². The number of nitrogens with zero attached hydrogens (tertiary/aromatic N) is 1. The largest absolute Gasteiger partial charge is 0.342 e. The first-order valence-corrected chi connectivity index (χ1v) is 7.25. The zero-order chi connectivity index (χ0) is 12.5. The first-order valence-electron chi connectivity index (χ1n) is 5.45. The summed E-state index contributed by atoms with van der Waals surface area (Å²) in [6.45, 7) is 1.91. The Morgan fingerprint density at radius 1 is 1.41 bits per heavy atom. The third-order valence-electron chi connectivity index (χ3n) is 2.73. The average molecular weight is 254 g/mol. The first-order chi connectivity index (χ1) is 7.96. The summed E-state index contributed by atoms with van der Waals surface area (Å²) in [5.41, 5.74) is 1.83. The lowest BCUT2D eigenvalue weighted by Crippen LogP contribution is -2.00. The molecule has 3 N–H and O–H groups in total. The van der Waals surface area contributed by atoms with Gasteiger partial charge in [-0.1, -0.05) is 19.1 Å². The molecule has 0 aliphatic carbocycles. The molecule has 0 radical (unpaired) electrons. The number of hydrogen-bond donors (Lipinski definition) is 3. The molecule has 0 bridgehead atoms. The number of fused-ring (bicyclic) bond motifs is 1. The molecule has 1 aromatic heterocycles. The van der Waals surface area contributed by atoms with E-state index in [1.54, 1.807) is 0 Å². The maximum absolute atomic E-state index is 10.8. The lowest BCUT2D eigenvalue weighted by atomic mass is 10.1. The summed E-state index contributed by atoms with van der Waals surface area (Å²) in [6, 6.07) is 7.67. The molecular formula is C11H15N2O3P. The highest BCUT2D eigenvalue weighted by Crippen LogP contribution is 2.37. The number of aromatic nitrogens is 2. The van der Waals surface area contributed by atoms with Gasteiger partial charge in [-0.2, -0.15) is 0 Å². The van der Waals surface area contributed by atoms with Crippen molar-refractivity contribution in [3.05, 3.63) is 30.1 Å². The monoisotopic (exact) mass is 254 g/mol.